The SMILES string of the molecule is N#CC(NCCN=[N+]=[N-])c1ccc(Br)c(Cl)c1. The quantitative estimate of drug-likeness (QED) is 0.390. The highest BCUT2D eigenvalue weighted by atomic mass is 79.9. The number of azide groups is 1. The van der Waals surface area contributed by atoms with E-state index in [1.165, 1.54) is 0 Å². The molecule has 1 N–H and O–H groups in total. The highest BCUT2D eigenvalue weighted by molar-refractivity contribution is 9.10. The summed E-state index contributed by atoms with van der Waals surface area (Å²) in [5.41, 5.74) is 8.89. The number of nitrogens with one attached hydrogen (secondary N) is 1. The van der Waals surface area contributed by atoms with E-state index in [0.717, 1.165) is 10.0 Å². The lowest BCUT2D eigenvalue weighted by atomic mass is 10.1. The molecule has 0 aliphatic carbocycles. The van der Waals surface area contributed by atoms with Gasteiger partial charge in [0.25, 0.3) is 0 Å². The fourth-order valence-corrected chi connectivity index (χ4v) is 1.67. The number of benzene rings is 1. The summed E-state index contributed by atoms with van der Waals surface area (Å²) in [4.78, 5) is 2.63. The predicted molar refractivity (Wildman–Crippen MR) is 69.5 cm³/mol. The molecule has 0 saturated heterocycles. The molecule has 0 aromatic heterocycles. The Morgan fingerprint density at radius 3 is 3.00 bits per heavy atom. The van der Waals surface area contributed by atoms with E-state index in [-0.39, 0.29) is 0 Å². The number of hydrogen-bond donors (Lipinski definition) is 1. The molecule has 1 unspecified atom stereocenters. The summed E-state index contributed by atoms with van der Waals surface area (Å²) in [5.74, 6) is 0. The number of halogens is 2. The van der Waals surface area contributed by atoms with Gasteiger partial charge in [-0.2, -0.15) is 5.26 Å². The first kappa shape index (κ1) is 13.8. The predicted octanol–water partition coefficient (Wildman–Crippen LogP) is 3.57. The van der Waals surface area contributed by atoms with Gasteiger partial charge < -0.3 is 0 Å². The topological polar surface area (TPSA) is 84.6 Å². The molecule has 5 nitrogen and oxygen atoms in total. The minimum absolute atomic E-state index is 0.305. The van der Waals surface area contributed by atoms with Gasteiger partial charge in [-0.15, -0.1) is 0 Å². The minimum atomic E-state index is -0.463. The summed E-state index contributed by atoms with van der Waals surface area (Å²) in [7, 11) is 0. The lowest BCUT2D eigenvalue weighted by molar-refractivity contribution is 0.635. The van der Waals surface area contributed by atoms with Crippen LogP contribution < -0.4 is 5.32 Å². The Labute approximate surface area is 112 Å². The second kappa shape index (κ2) is 7.15. The van der Waals surface area contributed by atoms with Crippen LogP contribution in [0.1, 0.15) is 11.6 Å². The van der Waals surface area contributed by atoms with Crippen LogP contribution in [0.3, 0.4) is 0 Å². The van der Waals surface area contributed by atoms with Gasteiger partial charge in [0.2, 0.25) is 0 Å². The summed E-state index contributed by atoms with van der Waals surface area (Å²) < 4.78 is 0.786. The third-order valence-corrected chi connectivity index (χ3v) is 3.26. The monoisotopic (exact) mass is 313 g/mol. The summed E-state index contributed by atoms with van der Waals surface area (Å²) >= 11 is 9.23. The van der Waals surface area contributed by atoms with Gasteiger partial charge in [0.15, 0.2) is 0 Å². The maximum absolute atomic E-state index is 9.03. The van der Waals surface area contributed by atoms with E-state index in [1.54, 1.807) is 12.1 Å². The molecule has 0 saturated carbocycles. The summed E-state index contributed by atoms with van der Waals surface area (Å²) in [6, 6.07) is 6.98. The van der Waals surface area contributed by atoms with E-state index in [9.17, 15) is 0 Å². The normalized spacial score (nSPS) is 11.4. The lowest BCUT2D eigenvalue weighted by Gasteiger charge is -2.11. The van der Waals surface area contributed by atoms with Crippen molar-refractivity contribution >= 4 is 27.5 Å². The van der Waals surface area contributed by atoms with Crippen molar-refractivity contribution in [2.75, 3.05) is 13.1 Å². The Morgan fingerprint density at radius 1 is 1.65 bits per heavy atom. The van der Waals surface area contributed by atoms with Crippen molar-refractivity contribution < 1.29 is 0 Å². The average molecular weight is 315 g/mol. The average Bonchev–Trinajstić information content (AvgIpc) is 2.33. The molecule has 1 rings (SSSR count). The summed E-state index contributed by atoms with van der Waals surface area (Å²) in [6.07, 6.45) is 0. The maximum Gasteiger partial charge on any atom is 0.121 e. The molecule has 1 aromatic rings. The molecule has 1 aromatic carbocycles. The van der Waals surface area contributed by atoms with E-state index in [0.29, 0.717) is 18.1 Å². The second-order valence-corrected chi connectivity index (χ2v) is 4.41. The number of hydrogen-bond acceptors (Lipinski definition) is 3. The largest absolute Gasteiger partial charge is 0.298 e. The first-order valence-electron chi connectivity index (χ1n) is 4.78. The van der Waals surface area contributed by atoms with E-state index in [1.807, 2.05) is 6.07 Å². The Hall–Kier alpha value is -1.25. The molecule has 0 radical (unpaired) electrons. The van der Waals surface area contributed by atoms with Crippen LogP contribution in [0.25, 0.3) is 10.4 Å². The molecule has 0 bridgehead atoms. The molecule has 0 amide bonds. The van der Waals surface area contributed by atoms with E-state index < -0.39 is 6.04 Å². The smallest absolute Gasteiger partial charge is 0.121 e. The van der Waals surface area contributed by atoms with Gasteiger partial charge in [0.05, 0.1) is 11.1 Å². The van der Waals surface area contributed by atoms with Gasteiger partial charge in [0.1, 0.15) is 6.04 Å². The van der Waals surface area contributed by atoms with Crippen LogP contribution >= 0.6 is 27.5 Å². The molecule has 88 valence electrons. The summed E-state index contributed by atoms with van der Waals surface area (Å²) in [6.45, 7) is 0.745. The Bertz CT molecular complexity index is 478. The molecule has 0 aliphatic heterocycles. The fraction of sp³-hybridized carbons (Fsp3) is 0.300. The van der Waals surface area contributed by atoms with Crippen LogP contribution in [0, 0.1) is 11.3 Å². The minimum Gasteiger partial charge on any atom is -0.298 e. The van der Waals surface area contributed by atoms with Crippen LogP contribution in [0.15, 0.2) is 27.8 Å². The van der Waals surface area contributed by atoms with Crippen molar-refractivity contribution in [2.24, 2.45) is 5.11 Å². The van der Waals surface area contributed by atoms with Crippen LogP contribution in [-0.4, -0.2) is 13.1 Å². The molecule has 17 heavy (non-hydrogen) atoms. The van der Waals surface area contributed by atoms with Crippen molar-refractivity contribution in [2.45, 2.75) is 6.04 Å². The zero-order valence-electron chi connectivity index (χ0n) is 8.77. The van der Waals surface area contributed by atoms with E-state index in [2.05, 4.69) is 37.3 Å². The highest BCUT2D eigenvalue weighted by Crippen LogP contribution is 2.25. The van der Waals surface area contributed by atoms with Gasteiger partial charge in [0, 0.05) is 22.5 Å². The van der Waals surface area contributed by atoms with Crippen LogP contribution in [0.2, 0.25) is 5.02 Å². The third-order valence-electron chi connectivity index (χ3n) is 2.03. The van der Waals surface area contributed by atoms with E-state index in [4.69, 9.17) is 22.4 Å². The number of rotatable bonds is 5. The van der Waals surface area contributed by atoms with Gasteiger partial charge in [-0.1, -0.05) is 22.8 Å². The fourth-order valence-electron chi connectivity index (χ4n) is 1.23. The van der Waals surface area contributed by atoms with Gasteiger partial charge >= 0.3 is 0 Å². The third kappa shape index (κ3) is 4.25. The van der Waals surface area contributed by atoms with E-state index >= 15 is 0 Å². The van der Waals surface area contributed by atoms with Crippen LogP contribution in [-0.2, 0) is 0 Å². The Morgan fingerprint density at radius 2 is 2.41 bits per heavy atom. The maximum atomic E-state index is 9.03. The first-order chi connectivity index (χ1) is 8.19. The van der Waals surface area contributed by atoms with Gasteiger partial charge in [-0.3, -0.25) is 5.32 Å². The zero-order chi connectivity index (χ0) is 12.7. The molecule has 1 atom stereocenters. The number of nitrogens with zero attached hydrogens (tertiary/aromatic N) is 4. The lowest BCUT2D eigenvalue weighted by Crippen LogP contribution is -2.22. The molecule has 0 fully saturated rings. The van der Waals surface area contributed by atoms with Crippen LogP contribution in [0.4, 0.5) is 0 Å². The molecular formula is C10H9BrClN5. The van der Waals surface area contributed by atoms with Crippen molar-refractivity contribution in [3.63, 3.8) is 0 Å². The van der Waals surface area contributed by atoms with Gasteiger partial charge in [-0.05, 0) is 39.2 Å². The molecule has 7 heteroatoms. The Kier molecular flexibility index (Phi) is 5.81. The summed E-state index contributed by atoms with van der Waals surface area (Å²) in [5, 5.41) is 15.9. The molecular weight excluding hydrogens is 306 g/mol. The Balaban J connectivity index is 2.70. The van der Waals surface area contributed by atoms with Gasteiger partial charge in [-0.25, -0.2) is 0 Å². The molecule has 0 heterocycles. The highest BCUT2D eigenvalue weighted by Gasteiger charge is 2.10. The first-order valence-corrected chi connectivity index (χ1v) is 5.95. The molecule has 0 spiro atoms. The zero-order valence-corrected chi connectivity index (χ0v) is 11.1. The second-order valence-electron chi connectivity index (χ2n) is 3.14. The standard InChI is InChI=1S/C10H9BrClN5/c11-8-2-1-7(5-9(8)12)10(6-13)15-3-4-16-17-14/h1-2,5,10,15H,3-4H2. The number of nitriles is 1. The van der Waals surface area contributed by atoms with Crippen molar-refractivity contribution in [3.05, 3.63) is 43.7 Å². The van der Waals surface area contributed by atoms with Crippen molar-refractivity contribution in [3.8, 4) is 6.07 Å². The molecule has 0 aliphatic rings. The van der Waals surface area contributed by atoms with Crippen LogP contribution in [0.5, 0.6) is 0 Å². The van der Waals surface area contributed by atoms with Crippen molar-refractivity contribution in [1.29, 1.82) is 5.26 Å². The van der Waals surface area contributed by atoms with Crippen molar-refractivity contribution in [1.82, 2.24) is 5.32 Å².